The summed E-state index contributed by atoms with van der Waals surface area (Å²) in [5.41, 5.74) is 1.89. The van der Waals surface area contributed by atoms with Gasteiger partial charge in [0.2, 0.25) is 0 Å². The topological polar surface area (TPSA) is 44.1 Å². The standard InChI is InChI=1S/C14H14N2O2/c17-13-5-4-12-11(13)2-1-3-14(12)18-9-8-16-7-6-15-10-16/h1-3,6-7,10H,4-5,8-9H2. The van der Waals surface area contributed by atoms with Crippen LogP contribution in [0.1, 0.15) is 22.3 Å². The zero-order valence-electron chi connectivity index (χ0n) is 10.0. The van der Waals surface area contributed by atoms with E-state index in [1.807, 2.05) is 29.0 Å². The maximum Gasteiger partial charge on any atom is 0.163 e. The highest BCUT2D eigenvalue weighted by Gasteiger charge is 2.22. The first kappa shape index (κ1) is 11.0. The highest BCUT2D eigenvalue weighted by Crippen LogP contribution is 2.30. The molecule has 3 rings (SSSR count). The molecule has 1 aromatic heterocycles. The molecule has 0 saturated carbocycles. The molecule has 1 aromatic carbocycles. The molecule has 0 amide bonds. The van der Waals surface area contributed by atoms with Crippen LogP contribution in [0.2, 0.25) is 0 Å². The Morgan fingerprint density at radius 2 is 2.28 bits per heavy atom. The Labute approximate surface area is 105 Å². The first-order valence-corrected chi connectivity index (χ1v) is 6.08. The quantitative estimate of drug-likeness (QED) is 0.824. The average Bonchev–Trinajstić information content (AvgIpc) is 3.01. The number of rotatable bonds is 4. The largest absolute Gasteiger partial charge is 0.491 e. The molecule has 0 bridgehead atoms. The number of fused-ring (bicyclic) bond motifs is 1. The molecule has 18 heavy (non-hydrogen) atoms. The van der Waals surface area contributed by atoms with Crippen molar-refractivity contribution < 1.29 is 9.53 Å². The summed E-state index contributed by atoms with van der Waals surface area (Å²) in [6.07, 6.45) is 6.83. The second kappa shape index (κ2) is 4.64. The lowest BCUT2D eigenvalue weighted by atomic mass is 10.1. The highest BCUT2D eigenvalue weighted by atomic mass is 16.5. The molecule has 0 unspecified atom stereocenters. The minimum Gasteiger partial charge on any atom is -0.491 e. The number of benzene rings is 1. The third-order valence-electron chi connectivity index (χ3n) is 3.20. The van der Waals surface area contributed by atoms with E-state index in [9.17, 15) is 4.79 Å². The molecular formula is C14H14N2O2. The summed E-state index contributed by atoms with van der Waals surface area (Å²) in [5.74, 6) is 1.07. The van der Waals surface area contributed by atoms with Gasteiger partial charge in [-0.15, -0.1) is 0 Å². The van der Waals surface area contributed by atoms with E-state index in [1.165, 1.54) is 0 Å². The van der Waals surface area contributed by atoms with Gasteiger partial charge in [0.05, 0.1) is 12.9 Å². The van der Waals surface area contributed by atoms with Gasteiger partial charge in [-0.25, -0.2) is 4.98 Å². The van der Waals surface area contributed by atoms with Crippen LogP contribution in [0.5, 0.6) is 5.75 Å². The molecule has 0 fully saturated rings. The summed E-state index contributed by atoms with van der Waals surface area (Å²) in [6.45, 7) is 1.35. The predicted octanol–water partition coefficient (Wildman–Crippen LogP) is 2.09. The lowest BCUT2D eigenvalue weighted by molar-refractivity contribution is 0.0994. The summed E-state index contributed by atoms with van der Waals surface area (Å²) in [5, 5.41) is 0. The van der Waals surface area contributed by atoms with Gasteiger partial charge >= 0.3 is 0 Å². The van der Waals surface area contributed by atoms with Crippen molar-refractivity contribution in [1.29, 1.82) is 0 Å². The Bertz CT molecular complexity index is 561. The van der Waals surface area contributed by atoms with E-state index in [0.29, 0.717) is 13.0 Å². The maximum atomic E-state index is 11.6. The number of hydrogen-bond donors (Lipinski definition) is 0. The van der Waals surface area contributed by atoms with Crippen molar-refractivity contribution in [1.82, 2.24) is 9.55 Å². The minimum absolute atomic E-state index is 0.227. The van der Waals surface area contributed by atoms with Crippen LogP contribution >= 0.6 is 0 Å². The molecule has 92 valence electrons. The number of hydrogen-bond acceptors (Lipinski definition) is 3. The van der Waals surface area contributed by atoms with Crippen molar-refractivity contribution in [2.45, 2.75) is 19.4 Å². The van der Waals surface area contributed by atoms with Gasteiger partial charge in [-0.2, -0.15) is 0 Å². The first-order chi connectivity index (χ1) is 8.84. The molecular weight excluding hydrogens is 228 g/mol. The summed E-state index contributed by atoms with van der Waals surface area (Å²) >= 11 is 0. The fraction of sp³-hybridized carbons (Fsp3) is 0.286. The lowest BCUT2D eigenvalue weighted by Gasteiger charge is -2.10. The van der Waals surface area contributed by atoms with Crippen molar-refractivity contribution in [2.24, 2.45) is 0 Å². The molecule has 1 aliphatic carbocycles. The molecule has 2 aromatic rings. The van der Waals surface area contributed by atoms with Gasteiger partial charge in [0.15, 0.2) is 5.78 Å². The number of Topliss-reactive ketones (excluding diaryl/α,β-unsaturated/α-hetero) is 1. The Hall–Kier alpha value is -2.10. The van der Waals surface area contributed by atoms with Crippen molar-refractivity contribution in [3.8, 4) is 5.75 Å². The number of nitrogens with zero attached hydrogens (tertiary/aromatic N) is 2. The van der Waals surface area contributed by atoms with E-state index < -0.39 is 0 Å². The van der Waals surface area contributed by atoms with Crippen molar-refractivity contribution in [3.63, 3.8) is 0 Å². The van der Waals surface area contributed by atoms with E-state index in [-0.39, 0.29) is 5.78 Å². The van der Waals surface area contributed by atoms with Crippen LogP contribution in [-0.4, -0.2) is 21.9 Å². The Kier molecular flexibility index (Phi) is 2.84. The summed E-state index contributed by atoms with van der Waals surface area (Å²) in [6, 6.07) is 5.70. The monoisotopic (exact) mass is 242 g/mol. The van der Waals surface area contributed by atoms with Crippen LogP contribution in [0.3, 0.4) is 0 Å². The van der Waals surface area contributed by atoms with Gasteiger partial charge in [-0.3, -0.25) is 4.79 Å². The number of aromatic nitrogens is 2. The molecule has 0 N–H and O–H groups in total. The SMILES string of the molecule is O=C1CCc2c(OCCn3ccnc3)cccc21. The van der Waals surface area contributed by atoms with Crippen LogP contribution in [0.15, 0.2) is 36.9 Å². The Morgan fingerprint density at radius 1 is 1.33 bits per heavy atom. The van der Waals surface area contributed by atoms with Crippen LogP contribution in [0.4, 0.5) is 0 Å². The second-order valence-corrected chi connectivity index (χ2v) is 4.35. The summed E-state index contributed by atoms with van der Waals surface area (Å²) < 4.78 is 7.74. The average molecular weight is 242 g/mol. The number of ketones is 1. The van der Waals surface area contributed by atoms with E-state index in [2.05, 4.69) is 4.98 Å². The zero-order chi connectivity index (χ0) is 12.4. The van der Waals surface area contributed by atoms with E-state index in [0.717, 1.165) is 29.8 Å². The lowest BCUT2D eigenvalue weighted by Crippen LogP contribution is -2.07. The number of carbonyl (C=O) groups excluding carboxylic acids is 1. The zero-order valence-corrected chi connectivity index (χ0v) is 10.0. The van der Waals surface area contributed by atoms with Gasteiger partial charge in [-0.1, -0.05) is 12.1 Å². The van der Waals surface area contributed by atoms with Crippen LogP contribution in [0, 0.1) is 0 Å². The molecule has 0 saturated heterocycles. The van der Waals surface area contributed by atoms with E-state index in [1.54, 1.807) is 12.5 Å². The number of carbonyl (C=O) groups is 1. The van der Waals surface area contributed by atoms with Gasteiger partial charge < -0.3 is 9.30 Å². The Morgan fingerprint density at radius 3 is 3.11 bits per heavy atom. The maximum absolute atomic E-state index is 11.6. The molecule has 0 atom stereocenters. The normalized spacial score (nSPS) is 13.7. The van der Waals surface area contributed by atoms with E-state index >= 15 is 0 Å². The van der Waals surface area contributed by atoms with Crippen LogP contribution in [-0.2, 0) is 13.0 Å². The molecule has 1 aliphatic rings. The van der Waals surface area contributed by atoms with Crippen molar-refractivity contribution in [2.75, 3.05) is 6.61 Å². The van der Waals surface area contributed by atoms with E-state index in [4.69, 9.17) is 4.74 Å². The smallest absolute Gasteiger partial charge is 0.163 e. The summed E-state index contributed by atoms with van der Waals surface area (Å²) in [7, 11) is 0. The molecule has 0 radical (unpaired) electrons. The minimum atomic E-state index is 0.227. The second-order valence-electron chi connectivity index (χ2n) is 4.35. The molecule has 1 heterocycles. The number of ether oxygens (including phenoxy) is 1. The summed E-state index contributed by atoms with van der Waals surface area (Å²) in [4.78, 5) is 15.6. The third kappa shape index (κ3) is 2.01. The first-order valence-electron chi connectivity index (χ1n) is 6.08. The molecule has 0 aliphatic heterocycles. The van der Waals surface area contributed by atoms with Crippen molar-refractivity contribution >= 4 is 5.78 Å². The fourth-order valence-corrected chi connectivity index (χ4v) is 2.27. The number of imidazole rings is 1. The van der Waals surface area contributed by atoms with Crippen LogP contribution in [0.25, 0.3) is 0 Å². The van der Waals surface area contributed by atoms with Gasteiger partial charge in [0.1, 0.15) is 12.4 Å². The molecule has 4 nitrogen and oxygen atoms in total. The highest BCUT2D eigenvalue weighted by molar-refractivity contribution is 6.01. The van der Waals surface area contributed by atoms with Gasteiger partial charge in [0.25, 0.3) is 0 Å². The Balaban J connectivity index is 1.68. The van der Waals surface area contributed by atoms with Gasteiger partial charge in [0, 0.05) is 29.9 Å². The van der Waals surface area contributed by atoms with Crippen LogP contribution < -0.4 is 4.74 Å². The van der Waals surface area contributed by atoms with Gasteiger partial charge in [-0.05, 0) is 12.5 Å². The fourth-order valence-electron chi connectivity index (χ4n) is 2.27. The predicted molar refractivity (Wildman–Crippen MR) is 66.8 cm³/mol. The molecule has 4 heteroatoms. The third-order valence-corrected chi connectivity index (χ3v) is 3.20. The molecule has 0 spiro atoms. The van der Waals surface area contributed by atoms with Crippen molar-refractivity contribution in [3.05, 3.63) is 48.0 Å².